The maximum absolute atomic E-state index is 12.5. The van der Waals surface area contributed by atoms with Crippen molar-refractivity contribution in [2.75, 3.05) is 18.0 Å². The lowest BCUT2D eigenvalue weighted by atomic mass is 10.1. The number of ether oxygens (including phenoxy) is 1. The zero-order valence-corrected chi connectivity index (χ0v) is 14.4. The van der Waals surface area contributed by atoms with Gasteiger partial charge in [0.05, 0.1) is 6.20 Å². The highest BCUT2D eigenvalue weighted by atomic mass is 19.4. The van der Waals surface area contributed by atoms with Crippen LogP contribution in [0.15, 0.2) is 42.7 Å². The van der Waals surface area contributed by atoms with Crippen molar-refractivity contribution in [2.45, 2.75) is 25.2 Å². The van der Waals surface area contributed by atoms with E-state index in [1.54, 1.807) is 23.0 Å². The number of nitrogens with zero attached hydrogens (tertiary/aromatic N) is 4. The first-order valence-corrected chi connectivity index (χ1v) is 8.60. The fraction of sp³-hybridized carbons (Fsp3) is 0.333. The molecular formula is C18H18F3N5O. The fourth-order valence-electron chi connectivity index (χ4n) is 3.32. The molecule has 1 saturated heterocycles. The van der Waals surface area contributed by atoms with E-state index in [0.29, 0.717) is 16.8 Å². The summed E-state index contributed by atoms with van der Waals surface area (Å²) in [5, 5.41) is 4.25. The monoisotopic (exact) mass is 377 g/mol. The molecule has 0 saturated carbocycles. The van der Waals surface area contributed by atoms with Gasteiger partial charge in [0.1, 0.15) is 11.6 Å². The first-order chi connectivity index (χ1) is 12.9. The Bertz CT molecular complexity index is 956. The number of piperidine rings is 1. The molecule has 0 aliphatic carbocycles. The predicted octanol–water partition coefficient (Wildman–Crippen LogP) is 3.22. The molecule has 3 heterocycles. The van der Waals surface area contributed by atoms with Gasteiger partial charge in [0.15, 0.2) is 5.65 Å². The molecule has 142 valence electrons. The van der Waals surface area contributed by atoms with Crippen LogP contribution in [0.3, 0.4) is 0 Å². The molecule has 1 aromatic carbocycles. The summed E-state index contributed by atoms with van der Waals surface area (Å²) < 4.78 is 43.1. The molecule has 0 unspecified atom stereocenters. The van der Waals surface area contributed by atoms with Crippen LogP contribution >= 0.6 is 0 Å². The summed E-state index contributed by atoms with van der Waals surface area (Å²) in [4.78, 5) is 6.80. The molecule has 1 atom stereocenters. The largest absolute Gasteiger partial charge is 0.573 e. The first-order valence-electron chi connectivity index (χ1n) is 8.60. The van der Waals surface area contributed by atoms with Gasteiger partial charge < -0.3 is 15.4 Å². The van der Waals surface area contributed by atoms with Gasteiger partial charge in [-0.25, -0.2) is 9.50 Å². The molecule has 9 heteroatoms. The molecule has 0 bridgehead atoms. The van der Waals surface area contributed by atoms with Crippen LogP contribution in [0, 0.1) is 0 Å². The van der Waals surface area contributed by atoms with Gasteiger partial charge in [-0.15, -0.1) is 13.2 Å². The number of aromatic nitrogens is 3. The van der Waals surface area contributed by atoms with Gasteiger partial charge in [0, 0.05) is 30.9 Å². The van der Waals surface area contributed by atoms with Crippen LogP contribution in [0.25, 0.3) is 16.8 Å². The quantitative estimate of drug-likeness (QED) is 0.759. The molecule has 6 nitrogen and oxygen atoms in total. The first kappa shape index (κ1) is 17.6. The van der Waals surface area contributed by atoms with Gasteiger partial charge in [-0.2, -0.15) is 5.10 Å². The summed E-state index contributed by atoms with van der Waals surface area (Å²) in [6.45, 7) is 1.59. The molecule has 3 aromatic rings. The average Bonchev–Trinajstić information content (AvgIpc) is 3.03. The third-order valence-corrected chi connectivity index (χ3v) is 4.51. The highest BCUT2D eigenvalue weighted by molar-refractivity contribution is 5.78. The van der Waals surface area contributed by atoms with Crippen LogP contribution in [0.1, 0.15) is 12.8 Å². The van der Waals surface area contributed by atoms with Gasteiger partial charge in [0.2, 0.25) is 0 Å². The Labute approximate surface area is 153 Å². The maximum atomic E-state index is 12.5. The van der Waals surface area contributed by atoms with E-state index >= 15 is 0 Å². The number of rotatable bonds is 3. The molecule has 1 aliphatic heterocycles. The molecule has 1 aliphatic rings. The predicted molar refractivity (Wildman–Crippen MR) is 94.5 cm³/mol. The van der Waals surface area contributed by atoms with Crippen molar-refractivity contribution in [3.8, 4) is 16.9 Å². The Hall–Kier alpha value is -2.81. The highest BCUT2D eigenvalue weighted by Gasteiger charge is 2.31. The van der Waals surface area contributed by atoms with E-state index in [4.69, 9.17) is 5.73 Å². The summed E-state index contributed by atoms with van der Waals surface area (Å²) in [6.07, 6.45) is 0.621. The Morgan fingerprint density at radius 3 is 2.85 bits per heavy atom. The number of hydrogen-bond donors (Lipinski definition) is 1. The van der Waals surface area contributed by atoms with Gasteiger partial charge in [-0.3, -0.25) is 0 Å². The number of hydrogen-bond acceptors (Lipinski definition) is 5. The van der Waals surface area contributed by atoms with Crippen LogP contribution in [0.2, 0.25) is 0 Å². The van der Waals surface area contributed by atoms with E-state index in [1.807, 2.05) is 6.07 Å². The number of nitrogens with two attached hydrogens (primary N) is 1. The Morgan fingerprint density at radius 1 is 1.22 bits per heavy atom. The standard InChI is InChI=1S/C18H18F3N5O/c19-18(20,21)27-14-5-1-3-12(9-14)15-10-23-26-8-6-16(24-17(15)26)25-7-2-4-13(22)11-25/h1,3,5-6,8-10,13H,2,4,7,11,22H2/t13-/m0/s1. The molecule has 4 rings (SSSR count). The lowest BCUT2D eigenvalue weighted by Crippen LogP contribution is -2.43. The zero-order valence-electron chi connectivity index (χ0n) is 14.4. The fourth-order valence-corrected chi connectivity index (χ4v) is 3.32. The maximum Gasteiger partial charge on any atom is 0.573 e. The van der Waals surface area contributed by atoms with Crippen molar-refractivity contribution in [1.29, 1.82) is 0 Å². The van der Waals surface area contributed by atoms with Gasteiger partial charge in [-0.05, 0) is 36.6 Å². The second kappa shape index (κ2) is 6.73. The van der Waals surface area contributed by atoms with Gasteiger partial charge >= 0.3 is 6.36 Å². The smallest absolute Gasteiger partial charge is 0.406 e. The highest BCUT2D eigenvalue weighted by Crippen LogP contribution is 2.30. The lowest BCUT2D eigenvalue weighted by molar-refractivity contribution is -0.274. The Morgan fingerprint density at radius 2 is 2.07 bits per heavy atom. The van der Waals surface area contributed by atoms with Crippen molar-refractivity contribution in [3.63, 3.8) is 0 Å². The minimum Gasteiger partial charge on any atom is -0.406 e. The second-order valence-electron chi connectivity index (χ2n) is 6.54. The summed E-state index contributed by atoms with van der Waals surface area (Å²) >= 11 is 0. The Kier molecular flexibility index (Phi) is 4.39. The van der Waals surface area contributed by atoms with Crippen molar-refractivity contribution < 1.29 is 17.9 Å². The summed E-state index contributed by atoms with van der Waals surface area (Å²) in [6, 6.07) is 7.77. The molecule has 1 fully saturated rings. The number of fused-ring (bicyclic) bond motifs is 1. The molecule has 27 heavy (non-hydrogen) atoms. The van der Waals surface area contributed by atoms with E-state index < -0.39 is 6.36 Å². The van der Waals surface area contributed by atoms with E-state index in [2.05, 4.69) is 19.7 Å². The third kappa shape index (κ3) is 3.82. The van der Waals surface area contributed by atoms with E-state index in [1.165, 1.54) is 18.2 Å². The molecule has 2 aromatic heterocycles. The topological polar surface area (TPSA) is 68.7 Å². The van der Waals surface area contributed by atoms with Crippen molar-refractivity contribution in [3.05, 3.63) is 42.7 Å². The summed E-state index contributed by atoms with van der Waals surface area (Å²) in [5.74, 6) is 0.500. The van der Waals surface area contributed by atoms with E-state index in [-0.39, 0.29) is 11.8 Å². The third-order valence-electron chi connectivity index (χ3n) is 4.51. The minimum absolute atomic E-state index is 0.109. The van der Waals surface area contributed by atoms with Crippen molar-refractivity contribution in [2.24, 2.45) is 5.73 Å². The molecule has 0 amide bonds. The van der Waals surface area contributed by atoms with Crippen LogP contribution in [0.5, 0.6) is 5.75 Å². The number of halogens is 3. The molecule has 2 N–H and O–H groups in total. The van der Waals surface area contributed by atoms with Crippen LogP contribution < -0.4 is 15.4 Å². The van der Waals surface area contributed by atoms with E-state index in [0.717, 1.165) is 31.7 Å². The van der Waals surface area contributed by atoms with Crippen LogP contribution in [-0.2, 0) is 0 Å². The number of alkyl halides is 3. The second-order valence-corrected chi connectivity index (χ2v) is 6.54. The SMILES string of the molecule is N[C@H]1CCCN(c2ccn3ncc(-c4cccc(OC(F)(F)F)c4)c3n2)C1. The summed E-state index contributed by atoms with van der Waals surface area (Å²) in [7, 11) is 0. The summed E-state index contributed by atoms with van der Waals surface area (Å²) in [5.41, 5.74) is 7.79. The van der Waals surface area contributed by atoms with Crippen LogP contribution in [0.4, 0.5) is 19.0 Å². The van der Waals surface area contributed by atoms with Crippen molar-refractivity contribution >= 4 is 11.5 Å². The van der Waals surface area contributed by atoms with Gasteiger partial charge in [-0.1, -0.05) is 12.1 Å². The van der Waals surface area contributed by atoms with Crippen molar-refractivity contribution in [1.82, 2.24) is 14.6 Å². The lowest BCUT2D eigenvalue weighted by Gasteiger charge is -2.31. The van der Waals surface area contributed by atoms with Crippen LogP contribution in [-0.4, -0.2) is 40.1 Å². The molecule has 0 spiro atoms. The van der Waals surface area contributed by atoms with E-state index in [9.17, 15) is 13.2 Å². The molecular weight excluding hydrogens is 359 g/mol. The molecule has 0 radical (unpaired) electrons. The number of anilines is 1. The Balaban J connectivity index is 1.70. The minimum atomic E-state index is -4.74. The van der Waals surface area contributed by atoms with Gasteiger partial charge in [0.25, 0.3) is 0 Å². The normalized spacial score (nSPS) is 18.1. The zero-order chi connectivity index (χ0) is 19.0. The number of benzene rings is 1. The average molecular weight is 377 g/mol.